The van der Waals surface area contributed by atoms with Gasteiger partial charge in [-0.25, -0.2) is 18.0 Å². The predicted octanol–water partition coefficient (Wildman–Crippen LogP) is 2.49. The van der Waals surface area contributed by atoms with Gasteiger partial charge in [-0.2, -0.15) is 5.26 Å². The summed E-state index contributed by atoms with van der Waals surface area (Å²) >= 11 is 0. The number of rotatable bonds is 4. The van der Waals surface area contributed by atoms with E-state index in [4.69, 9.17) is 5.26 Å². The summed E-state index contributed by atoms with van der Waals surface area (Å²) in [7, 11) is 0. The standard InChI is InChI=1S/C12H9F3N2O2/c1-2-19-12(18)7(5-16)6-17-9-4-3-8(13)10(14)11(9)15/h3-4,6,17H,2H2,1H3/b7-6-. The lowest BCUT2D eigenvalue weighted by Crippen LogP contribution is -2.08. The van der Waals surface area contributed by atoms with E-state index in [1.165, 1.54) is 6.07 Å². The van der Waals surface area contributed by atoms with Crippen LogP contribution in [0, 0.1) is 28.8 Å². The van der Waals surface area contributed by atoms with Crippen LogP contribution in [-0.4, -0.2) is 12.6 Å². The summed E-state index contributed by atoms with van der Waals surface area (Å²) < 4.78 is 43.4. The molecule has 0 saturated heterocycles. The lowest BCUT2D eigenvalue weighted by Gasteiger charge is -2.05. The average Bonchev–Trinajstić information content (AvgIpc) is 2.39. The lowest BCUT2D eigenvalue weighted by molar-refractivity contribution is -0.138. The SMILES string of the molecule is CCOC(=O)/C(C#N)=C\Nc1ccc(F)c(F)c1F. The highest BCUT2D eigenvalue weighted by atomic mass is 19.2. The Morgan fingerprint density at radius 2 is 2.11 bits per heavy atom. The van der Waals surface area contributed by atoms with Gasteiger partial charge in [0.2, 0.25) is 0 Å². The molecule has 0 spiro atoms. The number of anilines is 1. The van der Waals surface area contributed by atoms with Gasteiger partial charge < -0.3 is 10.1 Å². The van der Waals surface area contributed by atoms with Gasteiger partial charge in [0.25, 0.3) is 0 Å². The van der Waals surface area contributed by atoms with Crippen LogP contribution in [0.1, 0.15) is 6.92 Å². The van der Waals surface area contributed by atoms with Crippen molar-refractivity contribution >= 4 is 11.7 Å². The molecule has 1 N–H and O–H groups in total. The molecule has 0 aliphatic carbocycles. The number of carbonyl (C=O) groups excluding carboxylic acids is 1. The summed E-state index contributed by atoms with van der Waals surface area (Å²) in [6, 6.07) is 3.18. The number of esters is 1. The van der Waals surface area contributed by atoms with E-state index >= 15 is 0 Å². The normalized spacial score (nSPS) is 10.8. The largest absolute Gasteiger partial charge is 0.462 e. The third-order valence-electron chi connectivity index (χ3n) is 2.02. The molecule has 0 heterocycles. The molecular formula is C12H9F3N2O2. The van der Waals surface area contributed by atoms with Crippen molar-refractivity contribution in [2.45, 2.75) is 6.92 Å². The van der Waals surface area contributed by atoms with E-state index in [1.807, 2.05) is 0 Å². The zero-order valence-corrected chi connectivity index (χ0v) is 9.84. The van der Waals surface area contributed by atoms with Crippen molar-refractivity contribution in [2.24, 2.45) is 0 Å². The van der Waals surface area contributed by atoms with E-state index < -0.39 is 34.7 Å². The van der Waals surface area contributed by atoms with Gasteiger partial charge in [-0.05, 0) is 19.1 Å². The van der Waals surface area contributed by atoms with Crippen molar-refractivity contribution in [2.75, 3.05) is 11.9 Å². The van der Waals surface area contributed by atoms with Crippen molar-refractivity contribution in [1.29, 1.82) is 5.26 Å². The minimum Gasteiger partial charge on any atom is -0.462 e. The molecule has 0 aromatic heterocycles. The summed E-state index contributed by atoms with van der Waals surface area (Å²) in [6.45, 7) is 1.62. The fourth-order valence-corrected chi connectivity index (χ4v) is 1.13. The smallest absolute Gasteiger partial charge is 0.350 e. The molecule has 4 nitrogen and oxygen atoms in total. The first-order valence-electron chi connectivity index (χ1n) is 5.18. The Kier molecular flexibility index (Phi) is 4.94. The molecule has 0 radical (unpaired) electrons. The minimum absolute atomic E-state index is 0.0669. The van der Waals surface area contributed by atoms with Crippen LogP contribution in [0.2, 0.25) is 0 Å². The monoisotopic (exact) mass is 270 g/mol. The molecule has 0 amide bonds. The molecule has 0 fully saturated rings. The molecular weight excluding hydrogens is 261 g/mol. The second kappa shape index (κ2) is 6.44. The molecule has 0 unspecified atom stereocenters. The molecule has 0 aliphatic rings. The third-order valence-corrected chi connectivity index (χ3v) is 2.02. The third kappa shape index (κ3) is 3.48. The second-order valence-electron chi connectivity index (χ2n) is 3.26. The summed E-state index contributed by atoms with van der Waals surface area (Å²) in [5, 5.41) is 10.9. The van der Waals surface area contributed by atoms with Crippen molar-refractivity contribution < 1.29 is 22.7 Å². The van der Waals surface area contributed by atoms with Crippen LogP contribution in [0.4, 0.5) is 18.9 Å². The summed E-state index contributed by atoms with van der Waals surface area (Å²) in [6.07, 6.45) is 0.855. The van der Waals surface area contributed by atoms with E-state index in [0.29, 0.717) is 6.07 Å². The van der Waals surface area contributed by atoms with Gasteiger partial charge in [0.1, 0.15) is 6.07 Å². The maximum Gasteiger partial charge on any atom is 0.350 e. The van der Waals surface area contributed by atoms with Crippen LogP contribution in [0.3, 0.4) is 0 Å². The van der Waals surface area contributed by atoms with Crippen LogP contribution in [0.25, 0.3) is 0 Å². The first-order chi connectivity index (χ1) is 9.01. The van der Waals surface area contributed by atoms with Gasteiger partial charge in [-0.1, -0.05) is 0 Å². The number of hydrogen-bond acceptors (Lipinski definition) is 4. The zero-order chi connectivity index (χ0) is 14.4. The Hall–Kier alpha value is -2.49. The highest BCUT2D eigenvalue weighted by Crippen LogP contribution is 2.19. The molecule has 0 saturated carbocycles. The highest BCUT2D eigenvalue weighted by molar-refractivity contribution is 5.93. The second-order valence-corrected chi connectivity index (χ2v) is 3.26. The van der Waals surface area contributed by atoms with Gasteiger partial charge in [0, 0.05) is 6.20 Å². The average molecular weight is 270 g/mol. The molecule has 0 bridgehead atoms. The number of ether oxygens (including phenoxy) is 1. The van der Waals surface area contributed by atoms with E-state index in [0.717, 1.165) is 12.3 Å². The predicted molar refractivity (Wildman–Crippen MR) is 60.3 cm³/mol. The zero-order valence-electron chi connectivity index (χ0n) is 9.84. The van der Waals surface area contributed by atoms with Crippen LogP contribution >= 0.6 is 0 Å². The molecule has 100 valence electrons. The Labute approximate surface area is 107 Å². The van der Waals surface area contributed by atoms with Gasteiger partial charge >= 0.3 is 5.97 Å². The van der Waals surface area contributed by atoms with Gasteiger partial charge in [-0.3, -0.25) is 0 Å². The quantitative estimate of drug-likeness (QED) is 0.395. The van der Waals surface area contributed by atoms with E-state index in [2.05, 4.69) is 10.1 Å². The van der Waals surface area contributed by atoms with Crippen LogP contribution < -0.4 is 5.32 Å². The summed E-state index contributed by atoms with van der Waals surface area (Å²) in [5.41, 5.74) is -0.832. The molecule has 0 aliphatic heterocycles. The van der Waals surface area contributed by atoms with Gasteiger partial charge in [0.05, 0.1) is 12.3 Å². The van der Waals surface area contributed by atoms with Gasteiger partial charge in [-0.15, -0.1) is 0 Å². The van der Waals surface area contributed by atoms with Crippen molar-refractivity contribution in [1.82, 2.24) is 0 Å². The van der Waals surface area contributed by atoms with Crippen LogP contribution in [0.5, 0.6) is 0 Å². The highest BCUT2D eigenvalue weighted by Gasteiger charge is 2.14. The lowest BCUT2D eigenvalue weighted by atomic mass is 10.2. The fourth-order valence-electron chi connectivity index (χ4n) is 1.13. The van der Waals surface area contributed by atoms with Crippen molar-refractivity contribution in [3.8, 4) is 6.07 Å². The Bertz CT molecular complexity index is 565. The fraction of sp³-hybridized carbons (Fsp3) is 0.167. The van der Waals surface area contributed by atoms with E-state index in [-0.39, 0.29) is 6.61 Å². The number of nitrogens with one attached hydrogen (secondary N) is 1. The Balaban J connectivity index is 2.94. The number of hydrogen-bond donors (Lipinski definition) is 1. The maximum absolute atomic E-state index is 13.3. The number of nitriles is 1. The minimum atomic E-state index is -1.65. The number of halogens is 3. The number of carbonyl (C=O) groups is 1. The molecule has 0 atom stereocenters. The summed E-state index contributed by atoms with van der Waals surface area (Å²) in [4.78, 5) is 11.2. The Morgan fingerprint density at radius 3 is 2.68 bits per heavy atom. The van der Waals surface area contributed by atoms with Crippen LogP contribution in [0.15, 0.2) is 23.9 Å². The van der Waals surface area contributed by atoms with E-state index in [1.54, 1.807) is 6.92 Å². The molecule has 19 heavy (non-hydrogen) atoms. The first-order valence-corrected chi connectivity index (χ1v) is 5.18. The number of benzene rings is 1. The molecule has 1 aromatic rings. The maximum atomic E-state index is 13.3. The van der Waals surface area contributed by atoms with Gasteiger partial charge in [0.15, 0.2) is 23.0 Å². The summed E-state index contributed by atoms with van der Waals surface area (Å²) in [5.74, 6) is -5.33. The molecule has 7 heteroatoms. The van der Waals surface area contributed by atoms with Crippen molar-refractivity contribution in [3.05, 3.63) is 41.4 Å². The van der Waals surface area contributed by atoms with Crippen molar-refractivity contribution in [3.63, 3.8) is 0 Å². The number of nitrogens with zero attached hydrogens (tertiary/aromatic N) is 1. The van der Waals surface area contributed by atoms with E-state index in [9.17, 15) is 18.0 Å². The topological polar surface area (TPSA) is 62.1 Å². The molecule has 1 rings (SSSR count). The Morgan fingerprint density at radius 1 is 1.42 bits per heavy atom. The first kappa shape index (κ1) is 14.6. The van der Waals surface area contributed by atoms with Crippen LogP contribution in [-0.2, 0) is 9.53 Å². The molecule has 1 aromatic carbocycles.